The van der Waals surface area contributed by atoms with Crippen LogP contribution in [-0.4, -0.2) is 13.0 Å². The number of ether oxygens (including phenoxy) is 1. The molecule has 3 nitrogen and oxygen atoms in total. The van der Waals surface area contributed by atoms with E-state index in [9.17, 15) is 4.79 Å². The predicted molar refractivity (Wildman–Crippen MR) is 118 cm³/mol. The summed E-state index contributed by atoms with van der Waals surface area (Å²) in [4.78, 5) is 13.3. The molecule has 0 aliphatic rings. The highest BCUT2D eigenvalue weighted by atomic mass is 79.9. The maximum absolute atomic E-state index is 15.2. The normalized spacial score (nSPS) is 13.4. The molecule has 3 aromatic rings. The van der Waals surface area contributed by atoms with Crippen molar-refractivity contribution < 1.29 is 18.3 Å². The van der Waals surface area contributed by atoms with Gasteiger partial charge in [-0.2, -0.15) is 0 Å². The fourth-order valence-electron chi connectivity index (χ4n) is 3.30. The Morgan fingerprint density at radius 2 is 1.53 bits per heavy atom. The van der Waals surface area contributed by atoms with E-state index in [1.165, 1.54) is 12.1 Å². The molecule has 1 amide bonds. The standard InChI is InChI=1S/C24H22BrF2NO2/c1-23(17-8-10-19(25)11-9-17,16-24(26,27)18-6-4-3-5-7-18)22(29)28-20-12-14-21(30-2)15-13-20/h3-15H,16H2,1-2H3,(H,28,29). The van der Waals surface area contributed by atoms with Gasteiger partial charge in [0.25, 0.3) is 5.92 Å². The van der Waals surface area contributed by atoms with E-state index in [-0.39, 0.29) is 5.56 Å². The molecule has 0 saturated carbocycles. The van der Waals surface area contributed by atoms with E-state index in [0.29, 0.717) is 17.0 Å². The van der Waals surface area contributed by atoms with Crippen molar-refractivity contribution in [3.8, 4) is 5.75 Å². The number of halogens is 3. The van der Waals surface area contributed by atoms with Crippen LogP contribution in [0.15, 0.2) is 83.3 Å². The molecule has 0 heterocycles. The van der Waals surface area contributed by atoms with Crippen LogP contribution >= 0.6 is 15.9 Å². The van der Waals surface area contributed by atoms with Crippen LogP contribution in [-0.2, 0) is 16.1 Å². The van der Waals surface area contributed by atoms with Crippen molar-refractivity contribution >= 4 is 27.5 Å². The Hall–Kier alpha value is -2.73. The molecule has 6 heteroatoms. The van der Waals surface area contributed by atoms with Crippen molar-refractivity contribution in [3.05, 3.63) is 94.5 Å². The van der Waals surface area contributed by atoms with Gasteiger partial charge in [0, 0.05) is 22.1 Å². The van der Waals surface area contributed by atoms with Gasteiger partial charge in [-0.3, -0.25) is 4.79 Å². The fraction of sp³-hybridized carbons (Fsp3) is 0.208. The Morgan fingerprint density at radius 1 is 0.933 bits per heavy atom. The van der Waals surface area contributed by atoms with E-state index in [1.807, 2.05) is 0 Å². The molecule has 0 radical (unpaired) electrons. The van der Waals surface area contributed by atoms with E-state index in [4.69, 9.17) is 4.74 Å². The van der Waals surface area contributed by atoms with Gasteiger partial charge in [-0.15, -0.1) is 0 Å². The second-order valence-corrected chi connectivity index (χ2v) is 8.18. The van der Waals surface area contributed by atoms with Crippen molar-refractivity contribution in [2.75, 3.05) is 12.4 Å². The number of carbonyl (C=O) groups is 1. The topological polar surface area (TPSA) is 38.3 Å². The summed E-state index contributed by atoms with van der Waals surface area (Å²) in [5.74, 6) is -3.06. The fourth-order valence-corrected chi connectivity index (χ4v) is 3.57. The van der Waals surface area contributed by atoms with Crippen LogP contribution in [0.5, 0.6) is 5.75 Å². The van der Waals surface area contributed by atoms with Crippen molar-refractivity contribution in [2.45, 2.75) is 24.7 Å². The molecule has 1 unspecified atom stereocenters. The molecule has 156 valence electrons. The highest BCUT2D eigenvalue weighted by Crippen LogP contribution is 2.42. The van der Waals surface area contributed by atoms with Crippen LogP contribution in [0.3, 0.4) is 0 Å². The number of carbonyl (C=O) groups excluding carboxylic acids is 1. The molecule has 0 fully saturated rings. The van der Waals surface area contributed by atoms with Gasteiger partial charge in [-0.05, 0) is 48.9 Å². The van der Waals surface area contributed by atoms with E-state index in [0.717, 1.165) is 4.47 Å². The van der Waals surface area contributed by atoms with Crippen LogP contribution in [0.2, 0.25) is 0 Å². The number of amides is 1. The third-order valence-corrected chi connectivity index (χ3v) is 5.63. The van der Waals surface area contributed by atoms with E-state index < -0.39 is 23.7 Å². The Labute approximate surface area is 183 Å². The van der Waals surface area contributed by atoms with E-state index >= 15 is 8.78 Å². The number of alkyl halides is 2. The first kappa shape index (κ1) is 22.0. The summed E-state index contributed by atoms with van der Waals surface area (Å²) in [6, 6.07) is 21.2. The molecule has 0 aliphatic carbocycles. The molecule has 3 aromatic carbocycles. The van der Waals surface area contributed by atoms with Crippen molar-refractivity contribution in [2.24, 2.45) is 0 Å². The predicted octanol–water partition coefficient (Wildman–Crippen LogP) is 6.54. The monoisotopic (exact) mass is 473 g/mol. The highest BCUT2D eigenvalue weighted by Gasteiger charge is 2.46. The Kier molecular flexibility index (Phi) is 6.56. The molecule has 0 aromatic heterocycles. The number of hydrogen-bond donors (Lipinski definition) is 1. The molecule has 0 aliphatic heterocycles. The average Bonchev–Trinajstić information content (AvgIpc) is 2.75. The lowest BCUT2D eigenvalue weighted by atomic mass is 9.75. The Balaban J connectivity index is 1.96. The average molecular weight is 474 g/mol. The zero-order valence-corrected chi connectivity index (χ0v) is 18.2. The van der Waals surface area contributed by atoms with Crippen molar-refractivity contribution in [3.63, 3.8) is 0 Å². The zero-order chi connectivity index (χ0) is 21.8. The summed E-state index contributed by atoms with van der Waals surface area (Å²) in [7, 11) is 1.55. The number of anilines is 1. The first-order chi connectivity index (χ1) is 14.2. The number of methoxy groups -OCH3 is 1. The van der Waals surface area contributed by atoms with Crippen LogP contribution in [0.25, 0.3) is 0 Å². The number of benzene rings is 3. The van der Waals surface area contributed by atoms with E-state index in [1.54, 1.807) is 80.8 Å². The maximum atomic E-state index is 15.2. The summed E-state index contributed by atoms with van der Waals surface area (Å²) in [5, 5.41) is 2.78. The summed E-state index contributed by atoms with van der Waals surface area (Å²) in [6.45, 7) is 1.55. The van der Waals surface area contributed by atoms with Crippen LogP contribution in [0, 0.1) is 0 Å². The summed E-state index contributed by atoms with van der Waals surface area (Å²) < 4.78 is 36.3. The number of hydrogen-bond acceptors (Lipinski definition) is 2. The van der Waals surface area contributed by atoms with Crippen molar-refractivity contribution in [1.82, 2.24) is 0 Å². The molecule has 1 atom stereocenters. The zero-order valence-electron chi connectivity index (χ0n) is 16.7. The van der Waals surface area contributed by atoms with Crippen molar-refractivity contribution in [1.29, 1.82) is 0 Å². The lowest BCUT2D eigenvalue weighted by Crippen LogP contribution is -2.41. The van der Waals surface area contributed by atoms with Gasteiger partial charge < -0.3 is 10.1 Å². The van der Waals surface area contributed by atoms with Gasteiger partial charge >= 0.3 is 0 Å². The van der Waals surface area contributed by atoms with Gasteiger partial charge in [0.15, 0.2) is 0 Å². The van der Waals surface area contributed by atoms with E-state index in [2.05, 4.69) is 21.2 Å². The van der Waals surface area contributed by atoms with Gasteiger partial charge in [0.2, 0.25) is 5.91 Å². The second-order valence-electron chi connectivity index (χ2n) is 7.27. The van der Waals surface area contributed by atoms with Gasteiger partial charge in [0.1, 0.15) is 5.75 Å². The number of nitrogens with one attached hydrogen (secondary N) is 1. The van der Waals surface area contributed by atoms with Gasteiger partial charge in [-0.25, -0.2) is 8.78 Å². The quantitative estimate of drug-likeness (QED) is 0.423. The molecular formula is C24H22BrF2NO2. The minimum atomic E-state index is -3.19. The van der Waals surface area contributed by atoms with Crippen LogP contribution in [0.1, 0.15) is 24.5 Å². The summed E-state index contributed by atoms with van der Waals surface area (Å²) >= 11 is 3.35. The summed E-state index contributed by atoms with van der Waals surface area (Å²) in [5.41, 5.74) is -0.579. The smallest absolute Gasteiger partial charge is 0.274 e. The summed E-state index contributed by atoms with van der Waals surface area (Å²) in [6.07, 6.45) is -0.673. The molecule has 0 spiro atoms. The Bertz CT molecular complexity index is 992. The maximum Gasteiger partial charge on any atom is 0.274 e. The first-order valence-corrected chi connectivity index (χ1v) is 10.2. The van der Waals surface area contributed by atoms with Crippen LogP contribution < -0.4 is 10.1 Å². The third-order valence-electron chi connectivity index (χ3n) is 5.10. The molecule has 30 heavy (non-hydrogen) atoms. The first-order valence-electron chi connectivity index (χ1n) is 9.39. The minimum absolute atomic E-state index is 0.120. The second kappa shape index (κ2) is 8.96. The number of rotatable bonds is 7. The highest BCUT2D eigenvalue weighted by molar-refractivity contribution is 9.10. The van der Waals surface area contributed by atoms with Gasteiger partial charge in [0.05, 0.1) is 12.5 Å². The molecule has 1 N–H and O–H groups in total. The Morgan fingerprint density at radius 3 is 2.10 bits per heavy atom. The van der Waals surface area contributed by atoms with Crippen LogP contribution in [0.4, 0.5) is 14.5 Å². The molecule has 0 bridgehead atoms. The molecule has 0 saturated heterocycles. The third kappa shape index (κ3) is 4.87. The minimum Gasteiger partial charge on any atom is -0.497 e. The lowest BCUT2D eigenvalue weighted by Gasteiger charge is -2.33. The SMILES string of the molecule is COc1ccc(NC(=O)C(C)(CC(F)(F)c2ccccc2)c2ccc(Br)cc2)cc1. The molecule has 3 rings (SSSR count). The molecular weight excluding hydrogens is 452 g/mol. The van der Waals surface area contributed by atoms with Gasteiger partial charge in [-0.1, -0.05) is 58.4 Å². The lowest BCUT2D eigenvalue weighted by molar-refractivity contribution is -0.125. The largest absolute Gasteiger partial charge is 0.497 e.